The maximum atomic E-state index is 12.9. The number of carbonyl (C=O) groups is 2. The molecule has 23 nitrogen and oxygen atoms in total. The summed E-state index contributed by atoms with van der Waals surface area (Å²) in [6, 6.07) is 39.8. The van der Waals surface area contributed by atoms with Crippen molar-refractivity contribution in [3.63, 3.8) is 0 Å². The van der Waals surface area contributed by atoms with Gasteiger partial charge in [-0.15, -0.1) is 90.7 Å². The topological polar surface area (TPSA) is 378 Å². The van der Waals surface area contributed by atoms with Crippen LogP contribution in [0.3, 0.4) is 0 Å². The highest BCUT2D eigenvalue weighted by molar-refractivity contribution is 7.88. The van der Waals surface area contributed by atoms with Crippen molar-refractivity contribution in [3.8, 4) is 87.3 Å². The molecular formula is C93H98N12O11S12. The second kappa shape index (κ2) is 46.8. The summed E-state index contributed by atoms with van der Waals surface area (Å²) < 4.78 is 69.9. The van der Waals surface area contributed by atoms with Crippen molar-refractivity contribution in [2.75, 3.05) is 72.9 Å². The fraction of sp³-hybridized carbons (Fsp3) is 0.290. The van der Waals surface area contributed by atoms with E-state index in [9.17, 15) is 31.5 Å². The van der Waals surface area contributed by atoms with E-state index in [1.54, 1.807) is 24.8 Å². The minimum Gasteiger partial charge on any atom is -0.469 e. The van der Waals surface area contributed by atoms with Gasteiger partial charge in [0.15, 0.2) is 0 Å². The second-order valence-electron chi connectivity index (χ2n) is 29.3. The number of rotatable bonds is 36. The Kier molecular flexibility index (Phi) is 35.1. The normalized spacial score (nSPS) is 12.3. The van der Waals surface area contributed by atoms with E-state index < -0.39 is 43.2 Å². The van der Waals surface area contributed by atoms with Crippen molar-refractivity contribution in [2.45, 2.75) is 142 Å². The molecule has 0 spiro atoms. The van der Waals surface area contributed by atoms with Gasteiger partial charge in [0, 0.05) is 104 Å². The number of nitrogens with zero attached hydrogens (tertiary/aromatic N) is 8. The quantitative estimate of drug-likeness (QED) is 0.0157. The number of nitrogens with two attached hydrogens (primary N) is 4. The van der Waals surface area contributed by atoms with E-state index in [0.29, 0.717) is 88.7 Å². The van der Waals surface area contributed by atoms with Gasteiger partial charge in [0.2, 0.25) is 0 Å². The number of carbonyl (C=O) groups excluding carboxylic acids is 2. The summed E-state index contributed by atoms with van der Waals surface area (Å²) in [6.45, 7) is 11.4. The van der Waals surface area contributed by atoms with Crippen molar-refractivity contribution in [3.05, 3.63) is 190 Å². The highest BCUT2D eigenvalue weighted by Crippen LogP contribution is 2.49. The summed E-state index contributed by atoms with van der Waals surface area (Å²) >= 11 is 11.8. The van der Waals surface area contributed by atoms with Crippen LogP contribution in [0, 0.1) is 0 Å². The number of nitrogen functional groups attached to an aromatic ring is 4. The number of hydrogen-bond donors (Lipinski definition) is 6. The van der Waals surface area contributed by atoms with Crippen molar-refractivity contribution in [1.29, 1.82) is 0 Å². The molecule has 12 heterocycles. The largest absolute Gasteiger partial charge is 0.469 e. The minimum absolute atomic E-state index is 0.00596. The Morgan fingerprint density at radius 3 is 0.945 bits per heavy atom. The smallest absolute Gasteiger partial charge is 0.309 e. The van der Waals surface area contributed by atoms with Crippen LogP contribution >= 0.6 is 90.7 Å². The van der Waals surface area contributed by atoms with Crippen LogP contribution in [-0.4, -0.2) is 129 Å². The van der Waals surface area contributed by atoms with Gasteiger partial charge in [0.05, 0.1) is 99.3 Å². The van der Waals surface area contributed by atoms with E-state index in [0.717, 1.165) is 208 Å². The van der Waals surface area contributed by atoms with Gasteiger partial charge in [-0.2, -0.15) is 0 Å². The van der Waals surface area contributed by atoms with E-state index in [1.807, 2.05) is 150 Å². The van der Waals surface area contributed by atoms with Gasteiger partial charge >= 0.3 is 11.9 Å². The average molecular weight is 1940 g/mol. The zero-order valence-electron chi connectivity index (χ0n) is 71.4. The zero-order valence-corrected chi connectivity index (χ0v) is 81.2. The number of hydrogen-bond acceptors (Lipinski definition) is 31. The first-order valence-electron chi connectivity index (χ1n) is 41.7. The average Bonchev–Trinajstić information content (AvgIpc) is 1.62. The third-order valence-electron chi connectivity index (χ3n) is 20.2. The Hall–Kier alpha value is -9.54. The van der Waals surface area contributed by atoms with Gasteiger partial charge in [-0.1, -0.05) is 157 Å². The van der Waals surface area contributed by atoms with E-state index in [1.165, 1.54) is 97.8 Å². The number of fused-ring (bicyclic) bond motifs is 4. The summed E-state index contributed by atoms with van der Waals surface area (Å²) in [4.78, 5) is 63.3. The van der Waals surface area contributed by atoms with Gasteiger partial charge in [-0.25, -0.2) is 39.9 Å². The molecule has 4 aromatic carbocycles. The molecule has 35 heteroatoms. The van der Waals surface area contributed by atoms with E-state index >= 15 is 0 Å². The summed E-state index contributed by atoms with van der Waals surface area (Å²) in [5, 5.41) is 32.4. The number of thiazole rings is 4. The second-order valence-corrected chi connectivity index (χ2v) is 44.0. The first-order valence-corrected chi connectivity index (χ1v) is 53.8. The standard InChI is InChI=1S/C25H27N3O3S3.C23H23N3O3S3.C23H25N3O3S3.C22H23N3O2S3/c1-3-5-13-34(30)25-22(26)21-18(14-19(28-24(21)33-25)23-27-11-12-32-23)17-9-7-16(8-10-17)15-31-20(29)6-4-2;1-3-4-11-32(28)23-20(24)19-16(15-7-5-14(6-8-15)12-18(27)29-2)13-17(26-22(19)31-23)21-25-9-10-30-21;1-2-3-12-32(28)23-20(24)19-17(16-6-4-15(5-7-16)14-29-10-9-27)13-18(26-22(19)31-23)21-25-8-11-30-21;1-2-3-12-30(27)22-19(23)18-16(15-6-4-14(5-7-15)8-10-26)13-17(25-21(18)29-22)20-24-9-11-28-20/h7-12,14H,3-6,13,15,26H2,1-2H3;5-10,13H,3-4,11-12,24H2,1-2H3;4-8,11,13,27H,2-3,9-10,12,14,24H2,1H3;4-7,9,11,13,26H,2-3,8,10,12,23H2,1H3. The van der Waals surface area contributed by atoms with Gasteiger partial charge in [0.25, 0.3) is 0 Å². The maximum Gasteiger partial charge on any atom is 0.309 e. The van der Waals surface area contributed by atoms with Gasteiger partial charge < -0.3 is 47.4 Å². The lowest BCUT2D eigenvalue weighted by Gasteiger charge is -2.09. The number of anilines is 4. The maximum absolute atomic E-state index is 12.9. The number of esters is 2. The molecule has 0 saturated carbocycles. The monoisotopic (exact) mass is 1940 g/mol. The van der Waals surface area contributed by atoms with Crippen molar-refractivity contribution in [1.82, 2.24) is 39.9 Å². The molecule has 10 N–H and O–H groups in total. The first-order chi connectivity index (χ1) is 62.3. The Bertz CT molecular complexity index is 6500. The first kappa shape index (κ1) is 96.0. The van der Waals surface area contributed by atoms with Crippen LogP contribution in [0.25, 0.3) is 128 Å². The van der Waals surface area contributed by atoms with Crippen molar-refractivity contribution in [2.24, 2.45) is 0 Å². The van der Waals surface area contributed by atoms with Gasteiger partial charge in [-0.05, 0) is 130 Å². The summed E-state index contributed by atoms with van der Waals surface area (Å²) in [5.74, 6) is 1.92. The lowest BCUT2D eigenvalue weighted by atomic mass is 10.00. The van der Waals surface area contributed by atoms with Crippen LogP contribution in [-0.2, 0) is 93.1 Å². The predicted molar refractivity (Wildman–Crippen MR) is 535 cm³/mol. The van der Waals surface area contributed by atoms with E-state index in [2.05, 4.69) is 47.6 Å². The molecule has 0 radical (unpaired) electrons. The molecule has 4 unspecified atom stereocenters. The van der Waals surface area contributed by atoms with Crippen LogP contribution in [0.15, 0.2) is 184 Å². The number of aliphatic hydroxyl groups is 2. The van der Waals surface area contributed by atoms with Crippen LogP contribution in [0.4, 0.5) is 22.7 Å². The number of pyridine rings is 4. The van der Waals surface area contributed by atoms with Crippen molar-refractivity contribution < 1.29 is 50.8 Å². The third kappa shape index (κ3) is 23.6. The van der Waals surface area contributed by atoms with Crippen molar-refractivity contribution >= 4 is 209 Å². The summed E-state index contributed by atoms with van der Waals surface area (Å²) in [6.07, 6.45) is 16.6. The number of thiophene rings is 4. The Morgan fingerprint density at radius 2 is 0.680 bits per heavy atom. The molecule has 128 heavy (non-hydrogen) atoms. The molecule has 0 amide bonds. The SMILES string of the molecule is CCCCS(=O)c1sc2nc(-c3nccs3)cc(-c3ccc(CC(=O)OC)cc3)c2c1N.CCCCS(=O)c1sc2nc(-c3nccs3)cc(-c3ccc(CCO)cc3)c2c1N.CCCCS(=O)c1sc2nc(-c3nccs3)cc(-c3ccc(COC(=O)CCC)cc3)c2c1N.CCCCS(=O)c1sc2nc(-c3nccs3)cc(-c3ccc(COCCO)cc3)c2c1N. The molecule has 0 fully saturated rings. The summed E-state index contributed by atoms with van der Waals surface area (Å²) in [5.41, 5.74) is 43.0. The van der Waals surface area contributed by atoms with Crippen LogP contribution in [0.5, 0.6) is 0 Å². The molecule has 0 aliphatic heterocycles. The van der Waals surface area contributed by atoms with Crippen LogP contribution in [0.1, 0.15) is 121 Å². The highest BCUT2D eigenvalue weighted by atomic mass is 32.2. The Morgan fingerprint density at radius 1 is 0.383 bits per heavy atom. The van der Waals surface area contributed by atoms with Crippen LogP contribution < -0.4 is 22.9 Å². The fourth-order valence-electron chi connectivity index (χ4n) is 13.6. The Balaban J connectivity index is 0.000000146. The lowest BCUT2D eigenvalue weighted by molar-refractivity contribution is -0.145. The fourth-order valence-corrected chi connectivity index (χ4v) is 27.2. The van der Waals surface area contributed by atoms with E-state index in [4.69, 9.17) is 62.2 Å². The highest BCUT2D eigenvalue weighted by Gasteiger charge is 2.28. The predicted octanol–water partition coefficient (Wildman–Crippen LogP) is 21.9. The zero-order chi connectivity index (χ0) is 90.3. The number of aromatic nitrogens is 8. The van der Waals surface area contributed by atoms with Gasteiger partial charge in [-0.3, -0.25) is 26.4 Å². The molecule has 0 bridgehead atoms. The third-order valence-corrected chi connectivity index (χ3v) is 35.4. The number of ether oxygens (including phenoxy) is 3. The molecular weight excluding hydrogens is 1850 g/mol. The molecule has 0 aliphatic rings. The minimum atomic E-state index is -1.16. The molecule has 4 atom stereocenters. The molecule has 0 saturated heterocycles. The van der Waals surface area contributed by atoms with Crippen LogP contribution in [0.2, 0.25) is 0 Å². The number of benzene rings is 4. The molecule has 16 aromatic rings. The Labute approximate surface area is 784 Å². The number of aliphatic hydroxyl groups excluding tert-OH is 2. The lowest BCUT2D eigenvalue weighted by Crippen LogP contribution is -2.04. The molecule has 668 valence electrons. The number of methoxy groups -OCH3 is 1. The molecule has 16 rings (SSSR count). The molecule has 12 aromatic heterocycles. The van der Waals surface area contributed by atoms with E-state index in [-0.39, 0.29) is 38.2 Å². The summed E-state index contributed by atoms with van der Waals surface area (Å²) in [7, 11) is -3.20. The van der Waals surface area contributed by atoms with Gasteiger partial charge in [0.1, 0.15) is 85.6 Å². The molecule has 0 aliphatic carbocycles. The number of unbranched alkanes of at least 4 members (excludes halogenated alkanes) is 4.